The lowest BCUT2D eigenvalue weighted by molar-refractivity contribution is -0.352. The molecule has 4 nitrogen and oxygen atoms in total. The molecule has 0 unspecified atom stereocenters. The maximum Gasteiger partial charge on any atom is 0.172 e. The lowest BCUT2D eigenvalue weighted by Crippen LogP contribution is -2.67. The van der Waals surface area contributed by atoms with Crippen molar-refractivity contribution in [1.29, 1.82) is 0 Å². The molecule has 1 heterocycles. The lowest BCUT2D eigenvalue weighted by Gasteiger charge is -2.55. The number of nitrogens with zero attached hydrogens (tertiary/aromatic N) is 1. The maximum atomic E-state index is 8.71. The minimum Gasteiger partial charge on any atom is -0.350 e. The fourth-order valence-electron chi connectivity index (χ4n) is 3.72. The Labute approximate surface area is 143 Å². The van der Waals surface area contributed by atoms with E-state index < -0.39 is 5.79 Å². The number of hydrogen-bond donors (Lipinski definition) is 0. The summed E-state index contributed by atoms with van der Waals surface area (Å²) in [5.74, 6) is 0.385. The highest BCUT2D eigenvalue weighted by molar-refractivity contribution is 5.04. The Morgan fingerprint density at radius 3 is 1.70 bits per heavy atom. The van der Waals surface area contributed by atoms with Gasteiger partial charge in [-0.2, -0.15) is 0 Å². The molecule has 4 heteroatoms. The first-order valence-electron chi connectivity index (χ1n) is 9.32. The Morgan fingerprint density at radius 2 is 1.35 bits per heavy atom. The van der Waals surface area contributed by atoms with Crippen molar-refractivity contribution in [2.75, 3.05) is 13.2 Å². The van der Waals surface area contributed by atoms with E-state index in [-0.39, 0.29) is 11.1 Å². The fraction of sp³-hybridized carbons (Fsp3) is 1.00. The van der Waals surface area contributed by atoms with E-state index in [1.807, 2.05) is 5.06 Å². The van der Waals surface area contributed by atoms with Crippen molar-refractivity contribution in [1.82, 2.24) is 5.06 Å². The third kappa shape index (κ3) is 4.91. The number of hydroxylamine groups is 2. The van der Waals surface area contributed by atoms with Crippen molar-refractivity contribution in [2.45, 2.75) is 97.9 Å². The van der Waals surface area contributed by atoms with Crippen molar-refractivity contribution < 1.29 is 14.7 Å². The van der Waals surface area contributed by atoms with Crippen molar-refractivity contribution >= 4 is 0 Å². The van der Waals surface area contributed by atoms with Crippen LogP contribution >= 0.6 is 0 Å². The highest BCUT2D eigenvalue weighted by atomic mass is 16.7. The average molecular weight is 331 g/mol. The summed E-state index contributed by atoms with van der Waals surface area (Å²) < 4.78 is 12.8. The van der Waals surface area contributed by atoms with Crippen molar-refractivity contribution in [3.8, 4) is 0 Å². The zero-order valence-electron chi connectivity index (χ0n) is 16.7. The molecule has 1 aliphatic rings. The summed E-state index contributed by atoms with van der Waals surface area (Å²) >= 11 is 0. The summed E-state index contributed by atoms with van der Waals surface area (Å²) in [6.45, 7) is 18.8. The van der Waals surface area contributed by atoms with Crippen LogP contribution < -0.4 is 0 Å². The molecule has 1 fully saturated rings. The Bertz CT molecular complexity index is 350. The van der Waals surface area contributed by atoms with E-state index in [0.29, 0.717) is 25.0 Å². The van der Waals surface area contributed by atoms with Gasteiger partial charge in [-0.25, -0.2) is 0 Å². The number of rotatable bonds is 8. The normalized spacial score (nSPS) is 23.6. The molecule has 2 N–H and O–H groups in total. The maximum absolute atomic E-state index is 8.71. The molecule has 0 bridgehead atoms. The topological polar surface area (TPSA) is 44.6 Å². The predicted molar refractivity (Wildman–Crippen MR) is 96.4 cm³/mol. The smallest absolute Gasteiger partial charge is 0.172 e. The van der Waals surface area contributed by atoms with Gasteiger partial charge in [-0.3, -0.25) is 0 Å². The van der Waals surface area contributed by atoms with Crippen LogP contribution in [0.15, 0.2) is 0 Å². The summed E-state index contributed by atoms with van der Waals surface area (Å²) in [6, 6.07) is 0. The van der Waals surface area contributed by atoms with E-state index in [0.717, 1.165) is 25.7 Å². The summed E-state index contributed by atoms with van der Waals surface area (Å²) in [5.41, 5.74) is -0.450. The van der Waals surface area contributed by atoms with Gasteiger partial charge in [-0.05, 0) is 38.5 Å². The Hall–Kier alpha value is -0.160. The van der Waals surface area contributed by atoms with Gasteiger partial charge in [0.2, 0.25) is 0 Å². The second kappa shape index (κ2) is 7.81. The van der Waals surface area contributed by atoms with Crippen LogP contribution in [-0.2, 0) is 9.47 Å². The van der Waals surface area contributed by atoms with Crippen LogP contribution in [0.5, 0.6) is 0 Å². The molecular weight excluding hydrogens is 290 g/mol. The molecule has 23 heavy (non-hydrogen) atoms. The Morgan fingerprint density at radius 1 is 0.913 bits per heavy atom. The summed E-state index contributed by atoms with van der Waals surface area (Å²) in [6.07, 6.45) is 3.40. The van der Waals surface area contributed by atoms with E-state index in [4.69, 9.17) is 14.7 Å². The van der Waals surface area contributed by atoms with Gasteiger partial charge < -0.3 is 14.7 Å². The van der Waals surface area contributed by atoms with E-state index in [1.54, 1.807) is 0 Å². The van der Waals surface area contributed by atoms with Crippen molar-refractivity contribution in [3.63, 3.8) is 0 Å². The highest BCUT2D eigenvalue weighted by Gasteiger charge is 2.59. The van der Waals surface area contributed by atoms with Crippen LogP contribution in [0.25, 0.3) is 0 Å². The molecular formula is C19H40NO3+. The third-order valence-corrected chi connectivity index (χ3v) is 5.06. The molecule has 1 aliphatic heterocycles. The molecule has 1 saturated heterocycles. The molecule has 0 atom stereocenters. The quantitative estimate of drug-likeness (QED) is 0.497. The lowest BCUT2D eigenvalue weighted by atomic mass is 9.73. The Kier molecular flexibility index (Phi) is 7.10. The van der Waals surface area contributed by atoms with Gasteiger partial charge in [0.1, 0.15) is 0 Å². The van der Waals surface area contributed by atoms with Crippen LogP contribution in [0.3, 0.4) is 0 Å². The van der Waals surface area contributed by atoms with Crippen LogP contribution in [-0.4, -0.2) is 40.3 Å². The first-order chi connectivity index (χ1) is 10.5. The standard InChI is InChI=1S/C19H39NO3/c1-9-18(10-2)14-19(22-11-15(3)4,23-12-16(5)6)13-17(7,8)20(18)21/h15-16,21H,9-14H2,1-8H3/p+1. The molecule has 0 aliphatic carbocycles. The van der Waals surface area contributed by atoms with Gasteiger partial charge in [0.05, 0.1) is 24.3 Å². The SMILES string of the molecule is CCC1(CC)CC(OCC(C)C)(OCC(C)C)CC(C)(C)N1[OH2+]. The number of hydrogen-bond acceptors (Lipinski definition) is 3. The zero-order chi connectivity index (χ0) is 17.9. The molecule has 0 aromatic carbocycles. The summed E-state index contributed by atoms with van der Waals surface area (Å²) in [7, 11) is 0. The third-order valence-electron chi connectivity index (χ3n) is 5.06. The molecule has 0 saturated carbocycles. The van der Waals surface area contributed by atoms with E-state index >= 15 is 0 Å². The monoisotopic (exact) mass is 330 g/mol. The zero-order valence-corrected chi connectivity index (χ0v) is 16.7. The van der Waals surface area contributed by atoms with Gasteiger partial charge in [0, 0.05) is 12.8 Å². The first kappa shape index (κ1) is 20.9. The van der Waals surface area contributed by atoms with E-state index in [1.165, 1.54) is 0 Å². The minimum absolute atomic E-state index is 0.185. The van der Waals surface area contributed by atoms with Gasteiger partial charge in [0.25, 0.3) is 0 Å². The van der Waals surface area contributed by atoms with Crippen molar-refractivity contribution in [3.05, 3.63) is 0 Å². The van der Waals surface area contributed by atoms with E-state index in [2.05, 4.69) is 55.4 Å². The Balaban J connectivity index is 3.14. The van der Waals surface area contributed by atoms with Gasteiger partial charge >= 0.3 is 0 Å². The van der Waals surface area contributed by atoms with E-state index in [9.17, 15) is 0 Å². The highest BCUT2D eigenvalue weighted by Crippen LogP contribution is 2.48. The molecule has 0 radical (unpaired) electrons. The fourth-order valence-corrected chi connectivity index (χ4v) is 3.72. The molecule has 138 valence electrons. The summed E-state index contributed by atoms with van der Waals surface area (Å²) in [5, 5.41) is 10.5. The van der Waals surface area contributed by atoms with Gasteiger partial charge in [-0.1, -0.05) is 46.6 Å². The molecule has 1 rings (SSSR count). The van der Waals surface area contributed by atoms with Crippen LogP contribution in [0, 0.1) is 11.8 Å². The first-order valence-corrected chi connectivity index (χ1v) is 9.32. The molecule has 0 spiro atoms. The number of piperidine rings is 1. The second-order valence-corrected chi connectivity index (χ2v) is 8.75. The van der Waals surface area contributed by atoms with Crippen molar-refractivity contribution in [2.24, 2.45) is 11.8 Å². The molecule has 0 amide bonds. The molecule has 0 aromatic rings. The average Bonchev–Trinajstić information content (AvgIpc) is 2.47. The molecule has 0 aromatic heterocycles. The largest absolute Gasteiger partial charge is 0.350 e. The number of ether oxygens (including phenoxy) is 2. The van der Waals surface area contributed by atoms with Gasteiger partial charge in [-0.15, -0.1) is 0 Å². The van der Waals surface area contributed by atoms with Crippen LogP contribution in [0.2, 0.25) is 0 Å². The van der Waals surface area contributed by atoms with Crippen LogP contribution in [0.1, 0.15) is 81.1 Å². The second-order valence-electron chi connectivity index (χ2n) is 8.75. The minimum atomic E-state index is -0.568. The summed E-state index contributed by atoms with van der Waals surface area (Å²) in [4.78, 5) is 0. The van der Waals surface area contributed by atoms with Gasteiger partial charge in [0.15, 0.2) is 5.79 Å². The predicted octanol–water partition coefficient (Wildman–Crippen LogP) is 4.10. The van der Waals surface area contributed by atoms with Crippen LogP contribution in [0.4, 0.5) is 0 Å².